The van der Waals surface area contributed by atoms with Crippen LogP contribution in [-0.2, 0) is 6.54 Å². The van der Waals surface area contributed by atoms with E-state index in [9.17, 15) is 4.79 Å². The highest BCUT2D eigenvalue weighted by atomic mass is 16.1. The number of rotatable bonds is 4. The fourth-order valence-electron chi connectivity index (χ4n) is 3.22. The van der Waals surface area contributed by atoms with E-state index >= 15 is 0 Å². The van der Waals surface area contributed by atoms with Crippen molar-refractivity contribution in [3.8, 4) is 5.82 Å². The molecule has 0 aliphatic carbocycles. The standard InChI is InChI=1S/C17H20N8O/c1-13-8-16(20-11-19-13)23-6-4-14(5-7-23)9-24-17(26)3-2-15(22-24)25-12-18-10-21-25/h2-3,8,10-12,14H,4-7,9H2,1H3. The molecule has 0 saturated carbocycles. The predicted octanol–water partition coefficient (Wildman–Crippen LogP) is 0.839. The monoisotopic (exact) mass is 352 g/mol. The van der Waals surface area contributed by atoms with Gasteiger partial charge in [0, 0.05) is 37.5 Å². The fraction of sp³-hybridized carbons (Fsp3) is 0.412. The van der Waals surface area contributed by atoms with Crippen molar-refractivity contribution in [1.29, 1.82) is 0 Å². The zero-order chi connectivity index (χ0) is 17.9. The van der Waals surface area contributed by atoms with E-state index in [1.54, 1.807) is 23.4 Å². The first-order chi connectivity index (χ1) is 12.7. The second-order valence-corrected chi connectivity index (χ2v) is 6.50. The first kappa shape index (κ1) is 16.4. The van der Waals surface area contributed by atoms with E-state index in [1.807, 2.05) is 13.0 Å². The molecule has 4 rings (SSSR count). The summed E-state index contributed by atoms with van der Waals surface area (Å²) in [7, 11) is 0. The van der Waals surface area contributed by atoms with E-state index in [2.05, 4.69) is 30.0 Å². The zero-order valence-electron chi connectivity index (χ0n) is 14.6. The third kappa shape index (κ3) is 3.46. The predicted molar refractivity (Wildman–Crippen MR) is 95.1 cm³/mol. The zero-order valence-corrected chi connectivity index (χ0v) is 14.6. The van der Waals surface area contributed by atoms with E-state index in [4.69, 9.17) is 0 Å². The molecule has 134 valence electrons. The molecule has 0 N–H and O–H groups in total. The van der Waals surface area contributed by atoms with Gasteiger partial charge in [-0.05, 0) is 31.7 Å². The average Bonchev–Trinajstić information content (AvgIpc) is 3.19. The Morgan fingerprint density at radius 1 is 1.12 bits per heavy atom. The molecule has 0 bridgehead atoms. The van der Waals surface area contributed by atoms with E-state index in [0.717, 1.165) is 37.4 Å². The third-order valence-corrected chi connectivity index (χ3v) is 4.67. The number of anilines is 1. The Hall–Kier alpha value is -3.10. The van der Waals surface area contributed by atoms with Gasteiger partial charge in [-0.25, -0.2) is 24.3 Å². The Kier molecular flexibility index (Phi) is 4.42. The number of aryl methyl sites for hydroxylation is 1. The summed E-state index contributed by atoms with van der Waals surface area (Å²) in [6, 6.07) is 5.20. The molecule has 1 aliphatic heterocycles. The van der Waals surface area contributed by atoms with Gasteiger partial charge in [0.25, 0.3) is 5.56 Å². The molecule has 1 fully saturated rings. The van der Waals surface area contributed by atoms with Gasteiger partial charge in [-0.2, -0.15) is 5.10 Å². The first-order valence-electron chi connectivity index (χ1n) is 8.66. The van der Waals surface area contributed by atoms with Crippen LogP contribution in [0.2, 0.25) is 0 Å². The molecule has 3 aromatic rings. The second-order valence-electron chi connectivity index (χ2n) is 6.50. The number of hydrogen-bond donors (Lipinski definition) is 0. The molecule has 3 aromatic heterocycles. The summed E-state index contributed by atoms with van der Waals surface area (Å²) in [4.78, 5) is 26.9. The molecule has 9 nitrogen and oxygen atoms in total. The van der Waals surface area contributed by atoms with Crippen LogP contribution in [-0.4, -0.2) is 47.6 Å². The summed E-state index contributed by atoms with van der Waals surface area (Å²) < 4.78 is 3.09. The summed E-state index contributed by atoms with van der Waals surface area (Å²) >= 11 is 0. The van der Waals surface area contributed by atoms with E-state index in [1.165, 1.54) is 17.1 Å². The Balaban J connectivity index is 1.43. The van der Waals surface area contributed by atoms with Crippen molar-refractivity contribution in [2.75, 3.05) is 18.0 Å². The summed E-state index contributed by atoms with van der Waals surface area (Å²) in [6.07, 6.45) is 6.60. The van der Waals surface area contributed by atoms with Gasteiger partial charge in [0.05, 0.1) is 0 Å². The lowest BCUT2D eigenvalue weighted by atomic mass is 9.97. The van der Waals surface area contributed by atoms with Gasteiger partial charge in [-0.15, -0.1) is 5.10 Å². The normalized spacial score (nSPS) is 15.3. The van der Waals surface area contributed by atoms with Crippen LogP contribution in [0, 0.1) is 12.8 Å². The van der Waals surface area contributed by atoms with Gasteiger partial charge in [0.2, 0.25) is 0 Å². The summed E-state index contributed by atoms with van der Waals surface area (Å²) in [5, 5.41) is 8.49. The maximum Gasteiger partial charge on any atom is 0.266 e. The van der Waals surface area contributed by atoms with Crippen molar-refractivity contribution in [2.45, 2.75) is 26.3 Å². The molecule has 1 aliphatic rings. The second kappa shape index (κ2) is 7.03. The van der Waals surface area contributed by atoms with Gasteiger partial charge in [-0.1, -0.05) is 0 Å². The van der Waals surface area contributed by atoms with Crippen LogP contribution < -0.4 is 10.5 Å². The van der Waals surface area contributed by atoms with Gasteiger partial charge in [0.15, 0.2) is 5.82 Å². The van der Waals surface area contributed by atoms with Crippen molar-refractivity contribution in [1.82, 2.24) is 34.5 Å². The van der Waals surface area contributed by atoms with Crippen LogP contribution >= 0.6 is 0 Å². The molecular weight excluding hydrogens is 332 g/mol. The number of piperidine rings is 1. The van der Waals surface area contributed by atoms with Gasteiger partial charge in [0.1, 0.15) is 24.8 Å². The lowest BCUT2D eigenvalue weighted by Gasteiger charge is -2.32. The van der Waals surface area contributed by atoms with Crippen LogP contribution in [0.25, 0.3) is 5.82 Å². The molecule has 0 aromatic carbocycles. The highest BCUT2D eigenvalue weighted by molar-refractivity contribution is 5.38. The minimum absolute atomic E-state index is 0.0947. The maximum absolute atomic E-state index is 12.2. The molecule has 0 unspecified atom stereocenters. The molecule has 0 spiro atoms. The Morgan fingerprint density at radius 3 is 2.69 bits per heavy atom. The molecule has 1 saturated heterocycles. The topological polar surface area (TPSA) is 94.6 Å². The highest BCUT2D eigenvalue weighted by Gasteiger charge is 2.21. The van der Waals surface area contributed by atoms with E-state index in [0.29, 0.717) is 18.3 Å². The smallest absolute Gasteiger partial charge is 0.266 e. The Labute approximate surface area is 150 Å². The molecule has 9 heteroatoms. The lowest BCUT2D eigenvalue weighted by Crippen LogP contribution is -2.37. The maximum atomic E-state index is 12.2. The van der Waals surface area contributed by atoms with Crippen LogP contribution in [0.4, 0.5) is 5.82 Å². The minimum atomic E-state index is -0.0947. The van der Waals surface area contributed by atoms with Crippen molar-refractivity contribution in [3.63, 3.8) is 0 Å². The van der Waals surface area contributed by atoms with Crippen LogP contribution in [0.15, 0.2) is 42.0 Å². The lowest BCUT2D eigenvalue weighted by molar-refractivity contribution is 0.333. The molecule has 26 heavy (non-hydrogen) atoms. The van der Waals surface area contributed by atoms with Crippen molar-refractivity contribution in [2.24, 2.45) is 5.92 Å². The SMILES string of the molecule is Cc1cc(N2CCC(Cn3nc(-n4cncn4)ccc3=O)CC2)ncn1. The fourth-order valence-corrected chi connectivity index (χ4v) is 3.22. The summed E-state index contributed by atoms with van der Waals surface area (Å²) in [5.41, 5.74) is 0.875. The molecule has 0 radical (unpaired) electrons. The number of hydrogen-bond acceptors (Lipinski definition) is 7. The van der Waals surface area contributed by atoms with E-state index in [-0.39, 0.29) is 5.56 Å². The van der Waals surface area contributed by atoms with Crippen LogP contribution in [0.3, 0.4) is 0 Å². The quantitative estimate of drug-likeness (QED) is 0.686. The molecular formula is C17H20N8O. The molecule has 0 amide bonds. The van der Waals surface area contributed by atoms with Crippen molar-refractivity contribution >= 4 is 5.82 Å². The average molecular weight is 352 g/mol. The van der Waals surface area contributed by atoms with E-state index < -0.39 is 0 Å². The van der Waals surface area contributed by atoms with Crippen LogP contribution in [0.1, 0.15) is 18.5 Å². The Bertz CT molecular complexity index is 928. The number of aromatic nitrogens is 7. The largest absolute Gasteiger partial charge is 0.356 e. The summed E-state index contributed by atoms with van der Waals surface area (Å²) in [5.74, 6) is 1.97. The van der Waals surface area contributed by atoms with Gasteiger partial charge >= 0.3 is 0 Å². The van der Waals surface area contributed by atoms with Gasteiger partial charge < -0.3 is 4.90 Å². The first-order valence-corrected chi connectivity index (χ1v) is 8.66. The van der Waals surface area contributed by atoms with Crippen molar-refractivity contribution < 1.29 is 0 Å². The van der Waals surface area contributed by atoms with Crippen LogP contribution in [0.5, 0.6) is 0 Å². The Morgan fingerprint density at radius 2 is 1.96 bits per heavy atom. The molecule has 4 heterocycles. The minimum Gasteiger partial charge on any atom is -0.356 e. The molecule has 0 atom stereocenters. The van der Waals surface area contributed by atoms with Crippen molar-refractivity contribution in [3.05, 3.63) is 53.2 Å². The summed E-state index contributed by atoms with van der Waals surface area (Å²) in [6.45, 7) is 4.41. The van der Waals surface area contributed by atoms with Gasteiger partial charge in [-0.3, -0.25) is 4.79 Å². The highest BCUT2D eigenvalue weighted by Crippen LogP contribution is 2.22. The number of nitrogens with zero attached hydrogens (tertiary/aromatic N) is 8. The third-order valence-electron chi connectivity index (χ3n) is 4.67.